The largest absolute Gasteiger partial charge is 0.492 e. The minimum atomic E-state index is -1.07. The zero-order valence-electron chi connectivity index (χ0n) is 30.6. The summed E-state index contributed by atoms with van der Waals surface area (Å²) in [6.07, 6.45) is 6.85. The van der Waals surface area contributed by atoms with E-state index in [0.29, 0.717) is 35.9 Å². The highest BCUT2D eigenvalue weighted by Crippen LogP contribution is 2.41. The Balaban J connectivity index is 1.63. The minimum absolute atomic E-state index is 0.0214. The summed E-state index contributed by atoms with van der Waals surface area (Å²) in [4.78, 5) is 74.8. The number of halogens is 1. The van der Waals surface area contributed by atoms with Gasteiger partial charge in [-0.25, -0.2) is 0 Å². The van der Waals surface area contributed by atoms with Crippen molar-refractivity contribution in [1.29, 1.82) is 0 Å². The highest BCUT2D eigenvalue weighted by molar-refractivity contribution is 6.38. The quantitative estimate of drug-likeness (QED) is 0.252. The second-order valence-electron chi connectivity index (χ2n) is 15.1. The number of nitrogens with zero attached hydrogens (tertiary/aromatic N) is 2. The first kappa shape index (κ1) is 39.1. The van der Waals surface area contributed by atoms with Crippen molar-refractivity contribution in [2.45, 2.75) is 129 Å². The Morgan fingerprint density at radius 1 is 1.10 bits per heavy atom. The van der Waals surface area contributed by atoms with Gasteiger partial charge >= 0.3 is 0 Å². The van der Waals surface area contributed by atoms with Crippen LogP contribution >= 0.6 is 11.6 Å². The summed E-state index contributed by atoms with van der Waals surface area (Å²) in [5, 5.41) is 13.0. The van der Waals surface area contributed by atoms with E-state index in [1.807, 2.05) is 47.6 Å². The molecular formula is C37H54ClN5O7. The molecule has 2 heterocycles. The molecule has 13 heteroatoms. The van der Waals surface area contributed by atoms with Gasteiger partial charge in [-0.1, -0.05) is 70.1 Å². The number of carbonyl (C=O) groups excluding carboxylic acids is 5. The topological polar surface area (TPSA) is 156 Å². The molecule has 1 aromatic rings. The molecule has 0 aromatic heterocycles. The predicted molar refractivity (Wildman–Crippen MR) is 191 cm³/mol. The van der Waals surface area contributed by atoms with Crippen LogP contribution in [0.15, 0.2) is 17.3 Å². The summed E-state index contributed by atoms with van der Waals surface area (Å²) in [7, 11) is 1.36. The molecule has 2 aliphatic heterocycles. The van der Waals surface area contributed by atoms with Gasteiger partial charge in [0.25, 0.3) is 5.91 Å². The Bertz CT molecular complexity index is 1460. The van der Waals surface area contributed by atoms with E-state index >= 15 is 0 Å². The molecule has 12 nitrogen and oxygen atoms in total. The number of likely N-dealkylation sites (N-methyl/N-ethyl adjacent to an activating group) is 1. The molecule has 3 aliphatic rings. The van der Waals surface area contributed by atoms with Crippen LogP contribution in [0.25, 0.3) is 0 Å². The van der Waals surface area contributed by atoms with E-state index in [1.165, 1.54) is 18.4 Å². The lowest BCUT2D eigenvalue weighted by Crippen LogP contribution is -2.59. The number of nitrogens with one attached hydrogen (secondary N) is 3. The molecule has 50 heavy (non-hydrogen) atoms. The van der Waals surface area contributed by atoms with Crippen LogP contribution in [0.2, 0.25) is 5.02 Å². The Morgan fingerprint density at radius 3 is 2.40 bits per heavy atom. The van der Waals surface area contributed by atoms with Gasteiger partial charge in [-0.2, -0.15) is 0 Å². The maximum Gasteiger partial charge on any atom is 0.289 e. The Hall–Kier alpha value is -3.67. The molecule has 276 valence electrons. The number of Topliss-reactive ketones (excluding diaryl/α,β-unsaturated/α-hetero) is 1. The number of rotatable bonds is 13. The summed E-state index contributed by atoms with van der Waals surface area (Å²) in [5.74, 6) is -1.89. The van der Waals surface area contributed by atoms with Crippen LogP contribution in [-0.2, 0) is 28.8 Å². The van der Waals surface area contributed by atoms with Crippen molar-refractivity contribution in [2.24, 2.45) is 16.5 Å². The highest BCUT2D eigenvalue weighted by atomic mass is 35.5. The van der Waals surface area contributed by atoms with Crippen LogP contribution < -0.4 is 20.7 Å². The van der Waals surface area contributed by atoms with Crippen LogP contribution in [0.3, 0.4) is 0 Å². The second-order valence-corrected chi connectivity index (χ2v) is 15.5. The van der Waals surface area contributed by atoms with Crippen LogP contribution in [0.1, 0.15) is 110 Å². The van der Waals surface area contributed by atoms with Crippen LogP contribution in [0.5, 0.6) is 5.75 Å². The molecule has 1 saturated heterocycles. The molecule has 1 spiro atoms. The monoisotopic (exact) mass is 715 g/mol. The zero-order valence-corrected chi connectivity index (χ0v) is 31.3. The number of aryl methyl sites for hydroxylation is 1. The van der Waals surface area contributed by atoms with Crippen molar-refractivity contribution in [3.63, 3.8) is 0 Å². The number of hydrogen-bond donors (Lipinski definition) is 3. The SMILES string of the molecule is CCC[C@H](NC(=O)[C@@H]1C[C@]2(CC(c3cc(C)c(OCC)c(Cl)c3)=NO2)CN1C(=O)[C@@H](NC(=O)CC1CCCCC1)C(C)(C)C)C(=O)C(=O)NC. The molecule has 0 unspecified atom stereocenters. The third-order valence-electron chi connectivity index (χ3n) is 9.95. The van der Waals surface area contributed by atoms with Crippen LogP contribution in [0, 0.1) is 18.3 Å². The van der Waals surface area contributed by atoms with Gasteiger partial charge in [-0.15, -0.1) is 0 Å². The summed E-state index contributed by atoms with van der Waals surface area (Å²) in [5.41, 5.74) is 0.438. The molecule has 2 fully saturated rings. The van der Waals surface area contributed by atoms with Crippen molar-refractivity contribution >= 4 is 46.7 Å². The van der Waals surface area contributed by atoms with E-state index in [9.17, 15) is 24.0 Å². The van der Waals surface area contributed by atoms with Crippen molar-refractivity contribution in [3.8, 4) is 5.75 Å². The minimum Gasteiger partial charge on any atom is -0.492 e. The lowest BCUT2D eigenvalue weighted by atomic mass is 9.84. The molecule has 3 N–H and O–H groups in total. The fourth-order valence-electron chi connectivity index (χ4n) is 7.30. The van der Waals surface area contributed by atoms with Gasteiger partial charge in [0.15, 0.2) is 5.60 Å². The normalized spacial score (nSPS) is 22.0. The van der Waals surface area contributed by atoms with Crippen molar-refractivity contribution in [2.75, 3.05) is 20.2 Å². The fourth-order valence-corrected chi connectivity index (χ4v) is 7.62. The fraction of sp³-hybridized carbons (Fsp3) is 0.676. The third kappa shape index (κ3) is 9.16. The molecule has 0 radical (unpaired) electrons. The van der Waals surface area contributed by atoms with E-state index in [4.69, 9.17) is 21.2 Å². The first-order valence-corrected chi connectivity index (χ1v) is 18.3. The highest BCUT2D eigenvalue weighted by Gasteiger charge is 2.55. The van der Waals surface area contributed by atoms with Crippen LogP contribution in [-0.4, -0.2) is 83.9 Å². The summed E-state index contributed by atoms with van der Waals surface area (Å²) in [6.45, 7) is 11.7. The number of hydrogen-bond acceptors (Lipinski definition) is 8. The first-order valence-electron chi connectivity index (χ1n) is 18.0. The molecule has 4 atom stereocenters. The maximum atomic E-state index is 14.6. The van der Waals surface area contributed by atoms with E-state index < -0.39 is 52.6 Å². The lowest BCUT2D eigenvalue weighted by Gasteiger charge is -2.36. The summed E-state index contributed by atoms with van der Waals surface area (Å²) >= 11 is 6.57. The van der Waals surface area contributed by atoms with E-state index in [1.54, 1.807) is 6.07 Å². The van der Waals surface area contributed by atoms with Gasteiger partial charge in [-0.3, -0.25) is 24.0 Å². The van der Waals surface area contributed by atoms with Gasteiger partial charge < -0.3 is 30.4 Å². The van der Waals surface area contributed by atoms with Crippen molar-refractivity contribution in [3.05, 3.63) is 28.3 Å². The van der Waals surface area contributed by atoms with Gasteiger partial charge in [0.05, 0.1) is 29.9 Å². The number of ether oxygens (including phenoxy) is 1. The average molecular weight is 716 g/mol. The Kier molecular flexibility index (Phi) is 13.0. The summed E-state index contributed by atoms with van der Waals surface area (Å²) < 4.78 is 5.70. The number of ketones is 1. The van der Waals surface area contributed by atoms with Gasteiger partial charge in [0, 0.05) is 31.9 Å². The first-order chi connectivity index (χ1) is 23.6. The second kappa shape index (κ2) is 16.6. The van der Waals surface area contributed by atoms with Gasteiger partial charge in [0.2, 0.25) is 23.5 Å². The molecular weight excluding hydrogens is 662 g/mol. The summed E-state index contributed by atoms with van der Waals surface area (Å²) in [6, 6.07) is 0.619. The van der Waals surface area contributed by atoms with Gasteiger partial charge in [-0.05, 0) is 62.1 Å². The average Bonchev–Trinajstić information content (AvgIpc) is 3.67. The number of benzene rings is 1. The number of amides is 4. The Morgan fingerprint density at radius 2 is 1.80 bits per heavy atom. The Labute approximate surface area is 300 Å². The maximum absolute atomic E-state index is 14.6. The standard InChI is InChI=1S/C37H54ClN5O7/c1-8-13-26(30(45)34(47)39-7)40-33(46)28-20-37(19-27(42-50-37)24-16-22(3)31(49-9-2)25(38)18-24)21-43(28)35(48)32(36(4,5)6)41-29(44)17-23-14-11-10-12-15-23/h16,18,23,26,28,32H,8-15,17,19-21H2,1-7H3,(H,39,47)(H,40,46)(H,41,44)/t26-,28-,32+,37+/m0/s1. The van der Waals surface area contributed by atoms with E-state index in [2.05, 4.69) is 21.1 Å². The van der Waals surface area contributed by atoms with Crippen molar-refractivity contribution < 1.29 is 33.5 Å². The molecule has 1 aromatic carbocycles. The third-order valence-corrected chi connectivity index (χ3v) is 10.2. The van der Waals surface area contributed by atoms with Crippen molar-refractivity contribution in [1.82, 2.24) is 20.9 Å². The molecule has 4 amide bonds. The van der Waals surface area contributed by atoms with Crippen LogP contribution in [0.4, 0.5) is 0 Å². The smallest absolute Gasteiger partial charge is 0.289 e. The van der Waals surface area contributed by atoms with Gasteiger partial charge in [0.1, 0.15) is 17.8 Å². The molecule has 0 bridgehead atoms. The molecule has 1 saturated carbocycles. The molecule has 4 rings (SSSR count). The number of likely N-dealkylation sites (tertiary alicyclic amines) is 1. The van der Waals surface area contributed by atoms with E-state index in [0.717, 1.165) is 36.8 Å². The zero-order chi connectivity index (χ0) is 36.8. The predicted octanol–water partition coefficient (Wildman–Crippen LogP) is 4.61. The lowest BCUT2D eigenvalue weighted by molar-refractivity contribution is -0.145. The van der Waals surface area contributed by atoms with E-state index in [-0.39, 0.29) is 37.6 Å². The number of carbonyl (C=O) groups is 5. The molecule has 1 aliphatic carbocycles. The number of oxime groups is 1.